The molecule has 0 amide bonds. The summed E-state index contributed by atoms with van der Waals surface area (Å²) in [5.41, 5.74) is 0.933. The summed E-state index contributed by atoms with van der Waals surface area (Å²) in [6.45, 7) is 3.33. The molecule has 2 rings (SSSR count). The van der Waals surface area contributed by atoms with Gasteiger partial charge in [-0.05, 0) is 31.9 Å². The molecular formula is C14H17FN2O. The third-order valence-electron chi connectivity index (χ3n) is 3.32. The summed E-state index contributed by atoms with van der Waals surface area (Å²) in [6.07, 6.45) is 2.39. The number of ether oxygens (including phenoxy) is 1. The zero-order valence-electron chi connectivity index (χ0n) is 10.4. The second kappa shape index (κ2) is 5.94. The van der Waals surface area contributed by atoms with Crippen LogP contribution in [0.1, 0.15) is 30.9 Å². The van der Waals surface area contributed by atoms with Crippen LogP contribution in [0.2, 0.25) is 0 Å². The molecule has 2 unspecified atom stereocenters. The molecule has 0 radical (unpaired) electrons. The zero-order chi connectivity index (χ0) is 13.0. The first-order valence-corrected chi connectivity index (χ1v) is 6.24. The van der Waals surface area contributed by atoms with E-state index in [1.54, 1.807) is 12.1 Å². The standard InChI is InChI=1S/C14H17FN2O/c1-10(14-3-2-6-18-14)17-9-12-5-4-11(8-16)7-13(12)15/h4-5,7,10,14,17H,2-3,6,9H2,1H3. The van der Waals surface area contributed by atoms with E-state index in [1.807, 2.05) is 6.07 Å². The Balaban J connectivity index is 1.91. The number of halogens is 1. The van der Waals surface area contributed by atoms with E-state index < -0.39 is 0 Å². The Morgan fingerprint density at radius 3 is 3.06 bits per heavy atom. The van der Waals surface area contributed by atoms with Gasteiger partial charge in [0.15, 0.2) is 0 Å². The molecule has 0 bridgehead atoms. The Kier molecular flexibility index (Phi) is 4.29. The van der Waals surface area contributed by atoms with Crippen LogP contribution in [0, 0.1) is 17.1 Å². The molecule has 1 fully saturated rings. The highest BCUT2D eigenvalue weighted by Crippen LogP contribution is 2.16. The van der Waals surface area contributed by atoms with E-state index in [9.17, 15) is 4.39 Å². The minimum Gasteiger partial charge on any atom is -0.377 e. The third-order valence-corrected chi connectivity index (χ3v) is 3.32. The summed E-state index contributed by atoms with van der Waals surface area (Å²) in [4.78, 5) is 0. The fraction of sp³-hybridized carbons (Fsp3) is 0.500. The molecule has 1 aliphatic rings. The molecule has 4 heteroatoms. The average Bonchev–Trinajstić information content (AvgIpc) is 2.90. The zero-order valence-corrected chi connectivity index (χ0v) is 10.4. The van der Waals surface area contributed by atoms with Crippen molar-refractivity contribution in [3.63, 3.8) is 0 Å². The van der Waals surface area contributed by atoms with Gasteiger partial charge < -0.3 is 10.1 Å². The number of nitriles is 1. The summed E-state index contributed by atoms with van der Waals surface area (Å²) in [5, 5.41) is 11.9. The van der Waals surface area contributed by atoms with E-state index in [0.29, 0.717) is 17.7 Å². The van der Waals surface area contributed by atoms with Crippen molar-refractivity contribution in [3.05, 3.63) is 35.1 Å². The van der Waals surface area contributed by atoms with Gasteiger partial charge in [0.05, 0.1) is 17.7 Å². The van der Waals surface area contributed by atoms with Gasteiger partial charge in [0.25, 0.3) is 0 Å². The fourth-order valence-corrected chi connectivity index (χ4v) is 2.16. The molecule has 3 nitrogen and oxygen atoms in total. The van der Waals surface area contributed by atoms with Crippen molar-refractivity contribution in [1.29, 1.82) is 5.26 Å². The number of nitrogens with zero attached hydrogens (tertiary/aromatic N) is 1. The lowest BCUT2D eigenvalue weighted by atomic mass is 10.1. The third kappa shape index (κ3) is 3.06. The Hall–Kier alpha value is -1.44. The molecular weight excluding hydrogens is 231 g/mol. The Bertz CT molecular complexity index is 450. The van der Waals surface area contributed by atoms with Crippen LogP contribution in [-0.2, 0) is 11.3 Å². The van der Waals surface area contributed by atoms with Crippen molar-refractivity contribution in [2.24, 2.45) is 0 Å². The van der Waals surface area contributed by atoms with Crippen LogP contribution in [0.3, 0.4) is 0 Å². The molecule has 18 heavy (non-hydrogen) atoms. The predicted octanol–water partition coefficient (Wildman–Crippen LogP) is 2.35. The molecule has 1 saturated heterocycles. The second-order valence-electron chi connectivity index (χ2n) is 4.64. The number of nitrogens with one attached hydrogen (secondary N) is 1. The maximum Gasteiger partial charge on any atom is 0.129 e. The molecule has 1 heterocycles. The largest absolute Gasteiger partial charge is 0.377 e. The van der Waals surface area contributed by atoms with Gasteiger partial charge in [0.2, 0.25) is 0 Å². The van der Waals surface area contributed by atoms with Crippen LogP contribution in [0.4, 0.5) is 4.39 Å². The second-order valence-corrected chi connectivity index (χ2v) is 4.64. The highest BCUT2D eigenvalue weighted by molar-refractivity contribution is 5.32. The van der Waals surface area contributed by atoms with Gasteiger partial charge in [-0.2, -0.15) is 5.26 Å². The number of rotatable bonds is 4. The van der Waals surface area contributed by atoms with Crippen LogP contribution < -0.4 is 5.32 Å². The lowest BCUT2D eigenvalue weighted by Gasteiger charge is -2.20. The van der Waals surface area contributed by atoms with Crippen molar-refractivity contribution in [2.75, 3.05) is 6.61 Å². The van der Waals surface area contributed by atoms with E-state index in [1.165, 1.54) is 6.07 Å². The summed E-state index contributed by atoms with van der Waals surface area (Å²) in [6, 6.07) is 6.70. The molecule has 0 saturated carbocycles. The first-order valence-electron chi connectivity index (χ1n) is 6.24. The normalized spacial score (nSPS) is 20.6. The minimum absolute atomic E-state index is 0.211. The van der Waals surface area contributed by atoms with E-state index in [-0.39, 0.29) is 18.0 Å². The van der Waals surface area contributed by atoms with E-state index in [0.717, 1.165) is 19.4 Å². The predicted molar refractivity (Wildman–Crippen MR) is 66.4 cm³/mol. The quantitative estimate of drug-likeness (QED) is 0.889. The van der Waals surface area contributed by atoms with Crippen molar-refractivity contribution in [1.82, 2.24) is 5.32 Å². The van der Waals surface area contributed by atoms with Crippen LogP contribution >= 0.6 is 0 Å². The maximum atomic E-state index is 13.6. The van der Waals surface area contributed by atoms with Gasteiger partial charge in [-0.15, -0.1) is 0 Å². The van der Waals surface area contributed by atoms with Gasteiger partial charge >= 0.3 is 0 Å². The van der Waals surface area contributed by atoms with E-state index >= 15 is 0 Å². The lowest BCUT2D eigenvalue weighted by Crippen LogP contribution is -2.36. The Morgan fingerprint density at radius 1 is 1.61 bits per heavy atom. The van der Waals surface area contributed by atoms with Crippen molar-refractivity contribution < 1.29 is 9.13 Å². The lowest BCUT2D eigenvalue weighted by molar-refractivity contribution is 0.0831. The van der Waals surface area contributed by atoms with Gasteiger partial charge in [-0.25, -0.2) is 4.39 Å². The number of hydrogen-bond donors (Lipinski definition) is 1. The number of benzene rings is 1. The first kappa shape index (κ1) is 13.0. The van der Waals surface area contributed by atoms with Crippen LogP contribution in [-0.4, -0.2) is 18.8 Å². The molecule has 96 valence electrons. The Labute approximate surface area is 107 Å². The smallest absolute Gasteiger partial charge is 0.129 e. The highest BCUT2D eigenvalue weighted by Gasteiger charge is 2.21. The molecule has 0 aromatic heterocycles. The van der Waals surface area contributed by atoms with Crippen molar-refractivity contribution in [2.45, 2.75) is 38.5 Å². The van der Waals surface area contributed by atoms with Gasteiger partial charge in [-0.1, -0.05) is 6.07 Å². The highest BCUT2D eigenvalue weighted by atomic mass is 19.1. The van der Waals surface area contributed by atoms with E-state index in [2.05, 4.69) is 12.2 Å². The first-order chi connectivity index (χ1) is 8.70. The average molecular weight is 248 g/mol. The van der Waals surface area contributed by atoms with Gasteiger partial charge in [-0.3, -0.25) is 0 Å². The van der Waals surface area contributed by atoms with Crippen molar-refractivity contribution in [3.8, 4) is 6.07 Å². The molecule has 0 aliphatic carbocycles. The number of hydrogen-bond acceptors (Lipinski definition) is 3. The summed E-state index contributed by atoms with van der Waals surface area (Å²) in [5.74, 6) is -0.332. The molecule has 1 aliphatic heterocycles. The molecule has 1 aromatic rings. The van der Waals surface area contributed by atoms with E-state index in [4.69, 9.17) is 10.00 Å². The molecule has 2 atom stereocenters. The summed E-state index contributed by atoms with van der Waals surface area (Å²) in [7, 11) is 0. The van der Waals surface area contributed by atoms with Crippen LogP contribution in [0.5, 0.6) is 0 Å². The Morgan fingerprint density at radius 2 is 2.44 bits per heavy atom. The maximum absolute atomic E-state index is 13.6. The SMILES string of the molecule is CC(NCc1ccc(C#N)cc1F)C1CCCO1. The molecule has 1 N–H and O–H groups in total. The summed E-state index contributed by atoms with van der Waals surface area (Å²) < 4.78 is 19.2. The van der Waals surface area contributed by atoms with Crippen molar-refractivity contribution >= 4 is 0 Å². The molecule has 1 aromatic carbocycles. The minimum atomic E-state index is -0.332. The molecule has 0 spiro atoms. The van der Waals surface area contributed by atoms with Gasteiger partial charge in [0, 0.05) is 24.8 Å². The fourth-order valence-electron chi connectivity index (χ4n) is 2.16. The summed E-state index contributed by atoms with van der Waals surface area (Å²) >= 11 is 0. The monoisotopic (exact) mass is 248 g/mol. The van der Waals surface area contributed by atoms with Crippen LogP contribution in [0.25, 0.3) is 0 Å². The topological polar surface area (TPSA) is 45.0 Å². The van der Waals surface area contributed by atoms with Crippen LogP contribution in [0.15, 0.2) is 18.2 Å². The van der Waals surface area contributed by atoms with Gasteiger partial charge in [0.1, 0.15) is 5.82 Å².